The minimum absolute atomic E-state index is 0.0763. The van der Waals surface area contributed by atoms with Gasteiger partial charge < -0.3 is 4.74 Å². The Balaban J connectivity index is 2.24. The van der Waals surface area contributed by atoms with Crippen molar-refractivity contribution in [3.8, 4) is 5.75 Å². The number of ketones is 1. The third kappa shape index (κ3) is 3.00. The van der Waals surface area contributed by atoms with Gasteiger partial charge in [-0.15, -0.1) is 0 Å². The number of carbonyl (C=O) groups is 1. The van der Waals surface area contributed by atoms with Crippen LogP contribution in [0.1, 0.15) is 48.0 Å². The number of rotatable bonds is 3. The van der Waals surface area contributed by atoms with Crippen molar-refractivity contribution in [1.29, 1.82) is 0 Å². The number of hydrogen-bond acceptors (Lipinski definition) is 2. The molecule has 0 aliphatic heterocycles. The Morgan fingerprint density at radius 1 is 1.22 bits per heavy atom. The molecular weight excluding hydrogens is 224 g/mol. The van der Waals surface area contributed by atoms with Crippen LogP contribution in [0.25, 0.3) is 0 Å². The van der Waals surface area contributed by atoms with Crippen LogP contribution < -0.4 is 4.74 Å². The van der Waals surface area contributed by atoms with E-state index in [4.69, 9.17) is 4.74 Å². The van der Waals surface area contributed by atoms with Crippen LogP contribution in [-0.4, -0.2) is 12.9 Å². The number of allylic oxidation sites excluding steroid dienone is 2. The highest BCUT2D eigenvalue weighted by atomic mass is 16.5. The summed E-state index contributed by atoms with van der Waals surface area (Å²) in [7, 11) is 1.61. The van der Waals surface area contributed by atoms with E-state index in [-0.39, 0.29) is 5.78 Å². The molecule has 1 saturated carbocycles. The van der Waals surface area contributed by atoms with E-state index in [0.717, 1.165) is 18.4 Å². The second-order valence-electron chi connectivity index (χ2n) is 4.93. The lowest BCUT2D eigenvalue weighted by atomic mass is 9.93. The maximum atomic E-state index is 12.3. The van der Waals surface area contributed by atoms with Crippen molar-refractivity contribution in [1.82, 2.24) is 0 Å². The van der Waals surface area contributed by atoms with E-state index >= 15 is 0 Å². The van der Waals surface area contributed by atoms with Crippen molar-refractivity contribution < 1.29 is 9.53 Å². The van der Waals surface area contributed by atoms with E-state index in [9.17, 15) is 4.79 Å². The van der Waals surface area contributed by atoms with Gasteiger partial charge in [0, 0.05) is 0 Å². The van der Waals surface area contributed by atoms with E-state index < -0.39 is 0 Å². The Labute approximate surface area is 109 Å². The molecule has 0 atom stereocenters. The summed E-state index contributed by atoms with van der Waals surface area (Å²) in [6.07, 6.45) is 7.67. The van der Waals surface area contributed by atoms with Crippen LogP contribution in [0.4, 0.5) is 0 Å². The summed E-state index contributed by atoms with van der Waals surface area (Å²) in [5, 5.41) is 0. The second-order valence-corrected chi connectivity index (χ2v) is 4.93. The largest absolute Gasteiger partial charge is 0.496 e. The molecule has 0 unspecified atom stereocenters. The van der Waals surface area contributed by atoms with Crippen molar-refractivity contribution in [2.75, 3.05) is 7.11 Å². The highest BCUT2D eigenvalue weighted by Crippen LogP contribution is 2.25. The van der Waals surface area contributed by atoms with Crippen molar-refractivity contribution in [3.05, 3.63) is 41.0 Å². The number of benzene rings is 1. The lowest BCUT2D eigenvalue weighted by Crippen LogP contribution is -2.03. The van der Waals surface area contributed by atoms with Gasteiger partial charge in [0.1, 0.15) is 5.75 Å². The van der Waals surface area contributed by atoms with Crippen molar-refractivity contribution in [2.45, 2.75) is 39.0 Å². The third-order valence-corrected chi connectivity index (χ3v) is 3.45. The molecule has 18 heavy (non-hydrogen) atoms. The summed E-state index contributed by atoms with van der Waals surface area (Å²) >= 11 is 0. The molecule has 0 saturated heterocycles. The molecule has 96 valence electrons. The van der Waals surface area contributed by atoms with Gasteiger partial charge in [-0.2, -0.15) is 0 Å². The van der Waals surface area contributed by atoms with Gasteiger partial charge in [0.2, 0.25) is 0 Å². The van der Waals surface area contributed by atoms with Gasteiger partial charge in [-0.3, -0.25) is 4.79 Å². The van der Waals surface area contributed by atoms with Crippen LogP contribution in [0, 0.1) is 6.92 Å². The standard InChI is InChI=1S/C16H20O2/c1-12-8-9-16(18-2)14(10-12)15(17)11-13-6-4-3-5-7-13/h8-11H,3-7H2,1-2H3. The highest BCUT2D eigenvalue weighted by Gasteiger charge is 2.13. The fraction of sp³-hybridized carbons (Fsp3) is 0.438. The fourth-order valence-corrected chi connectivity index (χ4v) is 2.43. The molecule has 1 aromatic rings. The Bertz CT molecular complexity index is 464. The Hall–Kier alpha value is -1.57. The molecule has 2 heteroatoms. The Morgan fingerprint density at radius 3 is 2.61 bits per heavy atom. The zero-order chi connectivity index (χ0) is 13.0. The third-order valence-electron chi connectivity index (χ3n) is 3.45. The van der Waals surface area contributed by atoms with E-state index in [1.54, 1.807) is 7.11 Å². The van der Waals surface area contributed by atoms with Crippen LogP contribution in [0.3, 0.4) is 0 Å². The number of ether oxygens (including phenoxy) is 1. The van der Waals surface area contributed by atoms with E-state index in [0.29, 0.717) is 11.3 Å². The average Bonchev–Trinajstić information content (AvgIpc) is 2.40. The maximum Gasteiger partial charge on any atom is 0.189 e. The van der Waals surface area contributed by atoms with E-state index in [1.807, 2.05) is 31.2 Å². The monoisotopic (exact) mass is 244 g/mol. The SMILES string of the molecule is COc1ccc(C)cc1C(=O)C=C1CCCCC1. The summed E-state index contributed by atoms with van der Waals surface area (Å²) < 4.78 is 5.26. The summed E-state index contributed by atoms with van der Waals surface area (Å²) in [6.45, 7) is 1.99. The Morgan fingerprint density at radius 2 is 1.94 bits per heavy atom. The summed E-state index contributed by atoms with van der Waals surface area (Å²) in [6, 6.07) is 5.73. The van der Waals surface area contributed by atoms with Gasteiger partial charge in [-0.25, -0.2) is 0 Å². The first-order valence-corrected chi connectivity index (χ1v) is 6.59. The van der Waals surface area contributed by atoms with Gasteiger partial charge in [-0.05, 0) is 50.8 Å². The van der Waals surface area contributed by atoms with Crippen molar-refractivity contribution >= 4 is 5.78 Å². The number of methoxy groups -OCH3 is 1. The average molecular weight is 244 g/mol. The normalized spacial score (nSPS) is 15.3. The first kappa shape index (κ1) is 12.9. The zero-order valence-corrected chi connectivity index (χ0v) is 11.2. The van der Waals surface area contributed by atoms with Crippen LogP contribution in [0.5, 0.6) is 5.75 Å². The first-order valence-electron chi connectivity index (χ1n) is 6.59. The lowest BCUT2D eigenvalue weighted by molar-refractivity contribution is 0.104. The molecule has 0 bridgehead atoms. The fourth-order valence-electron chi connectivity index (χ4n) is 2.43. The van der Waals surface area contributed by atoms with Crippen LogP contribution in [0.15, 0.2) is 29.8 Å². The second kappa shape index (κ2) is 5.85. The van der Waals surface area contributed by atoms with E-state index in [2.05, 4.69) is 0 Å². The topological polar surface area (TPSA) is 26.3 Å². The molecule has 2 rings (SSSR count). The van der Waals surface area contributed by atoms with Crippen LogP contribution >= 0.6 is 0 Å². The number of hydrogen-bond donors (Lipinski definition) is 0. The minimum atomic E-state index is 0.0763. The molecular formula is C16H20O2. The molecule has 0 spiro atoms. The minimum Gasteiger partial charge on any atom is -0.496 e. The van der Waals surface area contributed by atoms with Gasteiger partial charge in [-0.1, -0.05) is 23.6 Å². The predicted molar refractivity (Wildman–Crippen MR) is 73.2 cm³/mol. The Kier molecular flexibility index (Phi) is 4.19. The van der Waals surface area contributed by atoms with Gasteiger partial charge in [0.25, 0.3) is 0 Å². The molecule has 0 radical (unpaired) electrons. The van der Waals surface area contributed by atoms with Crippen LogP contribution in [0.2, 0.25) is 0 Å². The molecule has 2 nitrogen and oxygen atoms in total. The molecule has 0 N–H and O–H groups in total. The summed E-state index contributed by atoms with van der Waals surface area (Å²) in [5.41, 5.74) is 3.05. The van der Waals surface area contributed by atoms with Crippen LogP contribution in [-0.2, 0) is 0 Å². The molecule has 0 amide bonds. The zero-order valence-electron chi connectivity index (χ0n) is 11.2. The smallest absolute Gasteiger partial charge is 0.189 e. The predicted octanol–water partition coefficient (Wildman–Crippen LogP) is 4.08. The van der Waals surface area contributed by atoms with Crippen molar-refractivity contribution in [2.24, 2.45) is 0 Å². The van der Waals surface area contributed by atoms with E-state index in [1.165, 1.54) is 24.8 Å². The molecule has 0 aromatic heterocycles. The van der Waals surface area contributed by atoms with Gasteiger partial charge in [0.15, 0.2) is 5.78 Å². The first-order chi connectivity index (χ1) is 8.70. The number of aryl methyl sites for hydroxylation is 1. The number of carbonyl (C=O) groups excluding carboxylic acids is 1. The highest BCUT2D eigenvalue weighted by molar-refractivity contribution is 6.07. The molecule has 0 heterocycles. The molecule has 1 fully saturated rings. The molecule has 1 aromatic carbocycles. The lowest BCUT2D eigenvalue weighted by Gasteiger charge is -2.13. The maximum absolute atomic E-state index is 12.3. The van der Waals surface area contributed by atoms with Gasteiger partial charge >= 0.3 is 0 Å². The summed E-state index contributed by atoms with van der Waals surface area (Å²) in [4.78, 5) is 12.3. The molecule has 1 aliphatic carbocycles. The molecule has 1 aliphatic rings. The summed E-state index contributed by atoms with van der Waals surface area (Å²) in [5.74, 6) is 0.741. The van der Waals surface area contributed by atoms with Crippen molar-refractivity contribution in [3.63, 3.8) is 0 Å². The van der Waals surface area contributed by atoms with Gasteiger partial charge in [0.05, 0.1) is 12.7 Å². The quantitative estimate of drug-likeness (QED) is 0.591.